The van der Waals surface area contributed by atoms with E-state index in [-0.39, 0.29) is 27.3 Å². The van der Waals surface area contributed by atoms with Crippen LogP contribution in [-0.2, 0) is 0 Å². The summed E-state index contributed by atoms with van der Waals surface area (Å²) in [6.07, 6.45) is 0. The Labute approximate surface area is 149 Å². The third-order valence-electron chi connectivity index (χ3n) is 3.65. The molecule has 3 aromatic rings. The van der Waals surface area contributed by atoms with E-state index in [1.165, 1.54) is 0 Å². The Morgan fingerprint density at radius 1 is 0.708 bits per heavy atom. The number of hydrogen-bond acceptors (Lipinski definition) is 2. The van der Waals surface area contributed by atoms with Gasteiger partial charge in [0.15, 0.2) is 0 Å². The van der Waals surface area contributed by atoms with Crippen LogP contribution in [0.3, 0.4) is 0 Å². The van der Waals surface area contributed by atoms with Gasteiger partial charge < -0.3 is 0 Å². The van der Waals surface area contributed by atoms with Crippen LogP contribution in [-0.4, -0.2) is 49.2 Å². The van der Waals surface area contributed by atoms with Crippen LogP contribution < -0.4 is 27.3 Å². The van der Waals surface area contributed by atoms with Crippen LogP contribution in [0.4, 0.5) is 0 Å². The maximum atomic E-state index is 6.13. The molecule has 0 amide bonds. The van der Waals surface area contributed by atoms with Gasteiger partial charge in [-0.25, -0.2) is 9.97 Å². The van der Waals surface area contributed by atoms with Crippen LogP contribution in [0.1, 0.15) is 19.7 Å². The molecule has 0 spiro atoms. The molecule has 0 aliphatic rings. The summed E-state index contributed by atoms with van der Waals surface area (Å²) in [5, 5.41) is 0.815. The molecule has 0 saturated heterocycles. The Morgan fingerprint density at radius 2 is 1.21 bits per heavy atom. The van der Waals surface area contributed by atoms with E-state index < -0.39 is 0 Å². The molecule has 0 aliphatic heterocycles. The van der Waals surface area contributed by atoms with E-state index in [1.54, 1.807) is 6.92 Å². The summed E-state index contributed by atoms with van der Waals surface area (Å²) in [6.45, 7) is 5.80. The zero-order valence-corrected chi connectivity index (χ0v) is 14.1. The molecule has 2 aromatic carbocycles. The van der Waals surface area contributed by atoms with Crippen molar-refractivity contribution in [1.29, 1.82) is 0 Å². The molecule has 0 N–H and O–H groups in total. The predicted octanol–water partition coefficient (Wildman–Crippen LogP) is -1.40. The predicted molar refractivity (Wildman–Crippen MR) is 108 cm³/mol. The molecule has 3 rings (SSSR count). The number of para-hydroxylation sites is 1. The third-order valence-corrected chi connectivity index (χ3v) is 3.65. The minimum Gasteiger partial charge on any atom is -0.233 e. The van der Waals surface area contributed by atoms with Gasteiger partial charge in [0.25, 0.3) is 0 Å². The number of fused-ring (bicyclic) bond motifs is 1. The van der Waals surface area contributed by atoms with Gasteiger partial charge in [-0.2, -0.15) is 0 Å². The number of aromatic nitrogens is 2. The molecule has 0 saturated carbocycles. The quantitative estimate of drug-likeness (QED) is 0.517. The highest BCUT2D eigenvalue weighted by atomic mass is 14.9. The van der Waals surface area contributed by atoms with Crippen LogP contribution >= 0.6 is 0 Å². The first kappa shape index (κ1) is 18.4. The molecule has 2 nitrogen and oxygen atoms in total. The molecule has 0 fully saturated rings. The summed E-state index contributed by atoms with van der Waals surface area (Å²) in [4.78, 5) is 8.89. The zero-order valence-electron chi connectivity index (χ0n) is 14.1. The maximum absolute atomic E-state index is 6.13. The zero-order chi connectivity index (χ0) is 18.0. The van der Waals surface area contributed by atoms with E-state index in [1.807, 2.05) is 38.1 Å². The minimum atomic E-state index is 0.189. The van der Waals surface area contributed by atoms with E-state index in [4.69, 9.17) is 39.2 Å². The van der Waals surface area contributed by atoms with Gasteiger partial charge in [0, 0.05) is 5.39 Å². The van der Waals surface area contributed by atoms with Gasteiger partial charge in [-0.3, -0.25) is 0 Å². The SMILES string of the molecule is CC.[B]c1c([B])c([B])c(-c2nc(C)nc3ccccc23)c([B])c1[B]. The molecule has 1 heterocycles. The fourth-order valence-corrected chi connectivity index (χ4v) is 2.49. The molecular formula is C17H13B5N2. The van der Waals surface area contributed by atoms with E-state index in [9.17, 15) is 0 Å². The summed E-state index contributed by atoms with van der Waals surface area (Å²) in [5.74, 6) is 0.599. The average Bonchev–Trinajstić information content (AvgIpc) is 2.60. The van der Waals surface area contributed by atoms with Crippen molar-refractivity contribution in [2.24, 2.45) is 0 Å². The number of aryl methyl sites for hydroxylation is 1. The molecule has 24 heavy (non-hydrogen) atoms. The Bertz CT molecular complexity index is 880. The number of nitrogens with zero attached hydrogens (tertiary/aromatic N) is 2. The van der Waals surface area contributed by atoms with Crippen LogP contribution in [0.25, 0.3) is 22.2 Å². The van der Waals surface area contributed by atoms with Gasteiger partial charge in [-0.1, -0.05) is 43.0 Å². The molecule has 1 aromatic heterocycles. The fourth-order valence-electron chi connectivity index (χ4n) is 2.49. The summed E-state index contributed by atoms with van der Waals surface area (Å²) in [5.41, 5.74) is 3.03. The van der Waals surface area contributed by atoms with Crippen molar-refractivity contribution in [3.05, 3.63) is 30.1 Å². The fraction of sp³-hybridized carbons (Fsp3) is 0.176. The van der Waals surface area contributed by atoms with E-state index in [2.05, 4.69) is 9.97 Å². The normalized spacial score (nSPS) is 10.3. The van der Waals surface area contributed by atoms with E-state index in [0.29, 0.717) is 17.1 Å². The summed E-state index contributed by atoms with van der Waals surface area (Å²) >= 11 is 0. The molecule has 10 radical (unpaired) electrons. The molecule has 106 valence electrons. The lowest BCUT2D eigenvalue weighted by molar-refractivity contribution is 1.10. The van der Waals surface area contributed by atoms with Crippen molar-refractivity contribution in [2.45, 2.75) is 20.8 Å². The lowest BCUT2D eigenvalue weighted by Crippen LogP contribution is -2.55. The molecule has 0 unspecified atom stereocenters. The van der Waals surface area contributed by atoms with Crippen molar-refractivity contribution < 1.29 is 0 Å². The van der Waals surface area contributed by atoms with Gasteiger partial charge in [0.1, 0.15) is 45.1 Å². The Balaban J connectivity index is 0.00000100. The highest BCUT2D eigenvalue weighted by Gasteiger charge is 2.16. The minimum absolute atomic E-state index is 0.189. The second-order valence-electron chi connectivity index (χ2n) is 5.08. The van der Waals surface area contributed by atoms with Crippen LogP contribution in [0, 0.1) is 6.92 Å². The highest BCUT2D eigenvalue weighted by Crippen LogP contribution is 2.22. The van der Waals surface area contributed by atoms with Crippen LogP contribution in [0.2, 0.25) is 0 Å². The number of hydrogen-bond donors (Lipinski definition) is 0. The maximum Gasteiger partial charge on any atom is 0.126 e. The van der Waals surface area contributed by atoms with Crippen molar-refractivity contribution in [3.8, 4) is 11.3 Å². The van der Waals surface area contributed by atoms with Crippen molar-refractivity contribution in [1.82, 2.24) is 9.97 Å². The molecular weight excluding hydrogens is 286 g/mol. The number of rotatable bonds is 1. The second kappa shape index (κ2) is 7.33. The van der Waals surface area contributed by atoms with E-state index in [0.717, 1.165) is 10.9 Å². The monoisotopic (exact) mass is 300 g/mol. The van der Waals surface area contributed by atoms with Gasteiger partial charge in [-0.15, -0.1) is 16.4 Å². The third kappa shape index (κ3) is 3.04. The summed E-state index contributed by atoms with van der Waals surface area (Å²) < 4.78 is 0. The Morgan fingerprint density at radius 3 is 1.79 bits per heavy atom. The lowest BCUT2D eigenvalue weighted by Gasteiger charge is -2.21. The second-order valence-corrected chi connectivity index (χ2v) is 5.08. The first-order chi connectivity index (χ1) is 11.4. The van der Waals surface area contributed by atoms with Crippen LogP contribution in [0.5, 0.6) is 0 Å². The van der Waals surface area contributed by atoms with Crippen LogP contribution in [0.15, 0.2) is 24.3 Å². The van der Waals surface area contributed by atoms with E-state index >= 15 is 0 Å². The van der Waals surface area contributed by atoms with Crippen molar-refractivity contribution in [2.75, 3.05) is 0 Å². The van der Waals surface area contributed by atoms with Crippen molar-refractivity contribution >= 4 is 77.4 Å². The standard InChI is InChI=1S/C15H7B5N2.C2H6/c1-6-21-8-5-3-2-4-7(8)15(22-6)9-10(16)12(18)14(20)13(19)11(9)17;1-2/h2-5H,1H3;1-2H3. The van der Waals surface area contributed by atoms with Gasteiger partial charge in [-0.05, 0) is 18.6 Å². The molecule has 0 atom stereocenters. The Hall–Kier alpha value is -1.90. The smallest absolute Gasteiger partial charge is 0.126 e. The summed E-state index contributed by atoms with van der Waals surface area (Å²) in [7, 11) is 30.0. The first-order valence-corrected chi connectivity index (χ1v) is 7.67. The van der Waals surface area contributed by atoms with Crippen molar-refractivity contribution in [3.63, 3.8) is 0 Å². The summed E-state index contributed by atoms with van der Waals surface area (Å²) in [6, 6.07) is 7.58. The first-order valence-electron chi connectivity index (χ1n) is 7.67. The molecule has 7 heteroatoms. The Kier molecular flexibility index (Phi) is 5.64. The highest BCUT2D eigenvalue weighted by molar-refractivity contribution is 6.68. The van der Waals surface area contributed by atoms with Gasteiger partial charge in [0.2, 0.25) is 0 Å². The average molecular weight is 299 g/mol. The lowest BCUT2D eigenvalue weighted by atomic mass is 9.60. The molecule has 0 aliphatic carbocycles. The number of benzene rings is 2. The molecule has 0 bridgehead atoms. The van der Waals surface area contributed by atoms with Gasteiger partial charge in [0.05, 0.1) is 11.2 Å². The topological polar surface area (TPSA) is 25.8 Å². The van der Waals surface area contributed by atoms with Gasteiger partial charge >= 0.3 is 0 Å². The largest absolute Gasteiger partial charge is 0.233 e.